The molecule has 9 nitrogen and oxygen atoms in total. The summed E-state index contributed by atoms with van der Waals surface area (Å²) in [6.45, 7) is -0.354. The molecule has 2 amide bonds. The van der Waals surface area contributed by atoms with Crippen molar-refractivity contribution in [1.29, 1.82) is 0 Å². The van der Waals surface area contributed by atoms with Crippen molar-refractivity contribution in [3.63, 3.8) is 0 Å². The normalized spacial score (nSPS) is 16.9. The van der Waals surface area contributed by atoms with Gasteiger partial charge in [-0.3, -0.25) is 9.59 Å². The highest BCUT2D eigenvalue weighted by Gasteiger charge is 2.47. The first-order valence-electron chi connectivity index (χ1n) is 9.56. The van der Waals surface area contributed by atoms with Crippen LogP contribution in [0, 0.1) is 5.82 Å². The minimum Gasteiger partial charge on any atom is -0.497 e. The molecule has 1 aliphatic rings. The molecule has 172 valence electrons. The maximum Gasteiger partial charge on any atom is 0.252 e. The van der Waals surface area contributed by atoms with Crippen LogP contribution in [0.15, 0.2) is 53.4 Å². The number of anilines is 1. The Kier molecular flexibility index (Phi) is 7.24. The van der Waals surface area contributed by atoms with Gasteiger partial charge in [0.05, 0.1) is 30.7 Å². The molecule has 1 unspecified atom stereocenters. The van der Waals surface area contributed by atoms with E-state index in [0.29, 0.717) is 5.75 Å². The van der Waals surface area contributed by atoms with E-state index in [2.05, 4.69) is 0 Å². The Labute approximate surface area is 185 Å². The van der Waals surface area contributed by atoms with Gasteiger partial charge in [0.25, 0.3) is 5.91 Å². The van der Waals surface area contributed by atoms with Gasteiger partial charge in [0.1, 0.15) is 17.6 Å². The fraction of sp³-hybridized carbons (Fsp3) is 0.333. The van der Waals surface area contributed by atoms with E-state index in [-0.39, 0.29) is 23.5 Å². The van der Waals surface area contributed by atoms with Crippen LogP contribution < -0.4 is 9.64 Å². The third-order valence-corrected chi connectivity index (χ3v) is 6.96. The molecule has 2 aromatic rings. The summed E-state index contributed by atoms with van der Waals surface area (Å²) >= 11 is 0. The summed E-state index contributed by atoms with van der Waals surface area (Å²) in [7, 11) is -0.176. The SMILES string of the molecule is COc1ccc(N2C(=O)CC(N(CC(OC)OC)S(=O)(=O)c3ccc(F)cc3)C2=O)cc1. The Balaban J connectivity index is 1.99. The molecule has 2 aromatic carbocycles. The molecule has 32 heavy (non-hydrogen) atoms. The number of amides is 2. The number of hydrogen-bond acceptors (Lipinski definition) is 7. The van der Waals surface area contributed by atoms with Gasteiger partial charge in [-0.1, -0.05) is 0 Å². The topological polar surface area (TPSA) is 102 Å². The van der Waals surface area contributed by atoms with Crippen molar-refractivity contribution in [2.45, 2.75) is 23.6 Å². The molecule has 1 atom stereocenters. The van der Waals surface area contributed by atoms with Crippen LogP contribution in [0.3, 0.4) is 0 Å². The summed E-state index contributed by atoms with van der Waals surface area (Å²) in [5, 5.41) is 0. The Morgan fingerprint density at radius 1 is 1.03 bits per heavy atom. The van der Waals surface area contributed by atoms with E-state index in [9.17, 15) is 22.4 Å². The molecule has 1 fully saturated rings. The minimum atomic E-state index is -4.30. The van der Waals surface area contributed by atoms with E-state index in [1.807, 2.05) is 0 Å². The lowest BCUT2D eigenvalue weighted by atomic mass is 10.2. The van der Waals surface area contributed by atoms with Crippen molar-refractivity contribution in [3.8, 4) is 5.75 Å². The lowest BCUT2D eigenvalue weighted by molar-refractivity contribution is -0.125. The first-order chi connectivity index (χ1) is 15.2. The third-order valence-electron chi connectivity index (χ3n) is 5.08. The van der Waals surface area contributed by atoms with Crippen molar-refractivity contribution in [3.05, 3.63) is 54.3 Å². The van der Waals surface area contributed by atoms with E-state index in [1.54, 1.807) is 12.1 Å². The van der Waals surface area contributed by atoms with Crippen molar-refractivity contribution in [2.75, 3.05) is 32.8 Å². The van der Waals surface area contributed by atoms with Gasteiger partial charge < -0.3 is 14.2 Å². The first-order valence-corrected chi connectivity index (χ1v) is 11.0. The minimum absolute atomic E-state index is 0.229. The summed E-state index contributed by atoms with van der Waals surface area (Å²) < 4.78 is 56.3. The summed E-state index contributed by atoms with van der Waals surface area (Å²) in [6.07, 6.45) is -1.37. The Morgan fingerprint density at radius 2 is 1.62 bits per heavy atom. The first kappa shape index (κ1) is 23.8. The van der Waals surface area contributed by atoms with E-state index < -0.39 is 40.0 Å². The maximum absolute atomic E-state index is 13.4. The molecule has 0 aromatic heterocycles. The standard InChI is InChI=1S/C21H23FN2O7S/c1-29-16-8-6-15(7-9-16)24-19(25)12-18(21(24)26)23(13-20(30-2)31-3)32(27,28)17-10-4-14(22)5-11-17/h4-11,18,20H,12-13H2,1-3H3. The number of halogens is 1. The average molecular weight is 466 g/mol. The Morgan fingerprint density at radius 3 is 2.16 bits per heavy atom. The molecule has 0 saturated carbocycles. The van der Waals surface area contributed by atoms with E-state index in [4.69, 9.17) is 14.2 Å². The molecule has 1 saturated heterocycles. The second kappa shape index (κ2) is 9.74. The summed E-state index contributed by atoms with van der Waals surface area (Å²) in [6, 6.07) is 9.09. The van der Waals surface area contributed by atoms with E-state index >= 15 is 0 Å². The highest BCUT2D eigenvalue weighted by molar-refractivity contribution is 7.89. The number of ether oxygens (including phenoxy) is 3. The number of methoxy groups -OCH3 is 3. The summed E-state index contributed by atoms with van der Waals surface area (Å²) in [5.41, 5.74) is 0.289. The number of carbonyl (C=O) groups is 2. The van der Waals surface area contributed by atoms with Gasteiger partial charge in [0.2, 0.25) is 15.9 Å². The van der Waals surface area contributed by atoms with Crippen LogP contribution in [-0.4, -0.2) is 64.7 Å². The zero-order valence-electron chi connectivity index (χ0n) is 17.7. The van der Waals surface area contributed by atoms with Gasteiger partial charge in [-0.15, -0.1) is 0 Å². The van der Waals surface area contributed by atoms with Gasteiger partial charge in [0, 0.05) is 14.2 Å². The molecule has 0 bridgehead atoms. The predicted octanol–water partition coefficient (Wildman–Crippen LogP) is 1.78. The maximum atomic E-state index is 13.4. The number of sulfonamides is 1. The highest BCUT2D eigenvalue weighted by Crippen LogP contribution is 2.30. The fourth-order valence-corrected chi connectivity index (χ4v) is 4.94. The van der Waals surface area contributed by atoms with Crippen molar-refractivity contribution < 1.29 is 36.6 Å². The predicted molar refractivity (Wildman–Crippen MR) is 112 cm³/mol. The molecular weight excluding hydrogens is 443 g/mol. The molecule has 0 aliphatic carbocycles. The Hall–Kier alpha value is -2.86. The molecule has 3 rings (SSSR count). The lowest BCUT2D eigenvalue weighted by Crippen LogP contribution is -2.49. The number of benzene rings is 2. The second-order valence-corrected chi connectivity index (χ2v) is 8.81. The number of rotatable bonds is 9. The molecule has 0 radical (unpaired) electrons. The van der Waals surface area contributed by atoms with Crippen LogP contribution in [0.4, 0.5) is 10.1 Å². The van der Waals surface area contributed by atoms with Gasteiger partial charge in [-0.05, 0) is 48.5 Å². The van der Waals surface area contributed by atoms with Crippen LogP contribution in [0.2, 0.25) is 0 Å². The smallest absolute Gasteiger partial charge is 0.252 e. The molecule has 0 spiro atoms. The van der Waals surface area contributed by atoms with Gasteiger partial charge in [0.15, 0.2) is 6.29 Å². The monoisotopic (exact) mass is 466 g/mol. The average Bonchev–Trinajstić information content (AvgIpc) is 3.08. The molecule has 1 heterocycles. The van der Waals surface area contributed by atoms with Crippen molar-refractivity contribution in [2.24, 2.45) is 0 Å². The van der Waals surface area contributed by atoms with Gasteiger partial charge in [-0.2, -0.15) is 4.31 Å². The van der Waals surface area contributed by atoms with E-state index in [1.165, 1.54) is 33.5 Å². The quantitative estimate of drug-likeness (QED) is 0.410. The van der Waals surface area contributed by atoms with Crippen molar-refractivity contribution >= 4 is 27.5 Å². The second-order valence-electron chi connectivity index (χ2n) is 6.91. The zero-order chi connectivity index (χ0) is 23.5. The highest BCUT2D eigenvalue weighted by atomic mass is 32.2. The molecule has 0 N–H and O–H groups in total. The molecule has 1 aliphatic heterocycles. The Bertz CT molecular complexity index is 1070. The zero-order valence-corrected chi connectivity index (χ0v) is 18.5. The van der Waals surface area contributed by atoms with Gasteiger partial charge in [-0.25, -0.2) is 17.7 Å². The summed E-state index contributed by atoms with van der Waals surface area (Å²) in [4.78, 5) is 26.7. The van der Waals surface area contributed by atoms with E-state index in [0.717, 1.165) is 33.5 Å². The number of hydrogen-bond donors (Lipinski definition) is 0. The number of imide groups is 1. The van der Waals surface area contributed by atoms with Crippen LogP contribution in [0.25, 0.3) is 0 Å². The van der Waals surface area contributed by atoms with Crippen LogP contribution >= 0.6 is 0 Å². The van der Waals surface area contributed by atoms with Gasteiger partial charge >= 0.3 is 0 Å². The van der Waals surface area contributed by atoms with Crippen LogP contribution in [-0.2, 0) is 29.1 Å². The summed E-state index contributed by atoms with van der Waals surface area (Å²) in [5.74, 6) is -1.35. The lowest BCUT2D eigenvalue weighted by Gasteiger charge is -2.29. The third kappa shape index (κ3) is 4.65. The van der Waals surface area contributed by atoms with Crippen LogP contribution in [0.5, 0.6) is 5.75 Å². The number of nitrogens with zero attached hydrogens (tertiary/aromatic N) is 2. The largest absolute Gasteiger partial charge is 0.497 e. The fourth-order valence-electron chi connectivity index (χ4n) is 3.37. The molecular formula is C21H23FN2O7S. The van der Waals surface area contributed by atoms with Crippen molar-refractivity contribution in [1.82, 2.24) is 4.31 Å². The molecule has 11 heteroatoms. The number of carbonyl (C=O) groups excluding carboxylic acids is 2. The van der Waals surface area contributed by atoms with Crippen LogP contribution in [0.1, 0.15) is 6.42 Å².